The molecule has 0 amide bonds. The standard InChI is InChI=1S/C12H22O7/c1-9(2)16-18-11(13)5-7-15-8-6-12(14)19-17-10(3)4/h9-10H,5-8H2,1-4H3. The third-order valence-corrected chi connectivity index (χ3v) is 1.57. The SMILES string of the molecule is CC(C)OOC(=O)CCOCCC(=O)OOC(C)C. The van der Waals surface area contributed by atoms with E-state index in [2.05, 4.69) is 19.6 Å². The average molecular weight is 278 g/mol. The van der Waals surface area contributed by atoms with E-state index in [1.807, 2.05) is 0 Å². The Balaban J connectivity index is 3.39. The molecule has 0 bridgehead atoms. The van der Waals surface area contributed by atoms with Gasteiger partial charge in [-0.2, -0.15) is 9.78 Å². The fourth-order valence-electron chi connectivity index (χ4n) is 0.796. The van der Waals surface area contributed by atoms with Crippen molar-refractivity contribution in [2.75, 3.05) is 13.2 Å². The molecule has 0 spiro atoms. The summed E-state index contributed by atoms with van der Waals surface area (Å²) in [6.45, 7) is 7.28. The zero-order chi connectivity index (χ0) is 14.7. The highest BCUT2D eigenvalue weighted by atomic mass is 17.2. The molecule has 0 fully saturated rings. The fourth-order valence-corrected chi connectivity index (χ4v) is 0.796. The molecule has 7 nitrogen and oxygen atoms in total. The Bertz CT molecular complexity index is 237. The first-order valence-corrected chi connectivity index (χ1v) is 6.22. The molecule has 0 aliphatic heterocycles. The minimum atomic E-state index is -0.514. The number of hydrogen-bond acceptors (Lipinski definition) is 7. The van der Waals surface area contributed by atoms with Crippen molar-refractivity contribution in [2.45, 2.75) is 52.7 Å². The molecule has 0 rings (SSSR count). The first kappa shape index (κ1) is 17.8. The Hall–Kier alpha value is -1.18. The Morgan fingerprint density at radius 1 is 0.789 bits per heavy atom. The molecule has 0 aromatic rings. The average Bonchev–Trinajstić information content (AvgIpc) is 2.33. The van der Waals surface area contributed by atoms with Crippen LogP contribution in [0.3, 0.4) is 0 Å². The van der Waals surface area contributed by atoms with Crippen molar-refractivity contribution in [1.29, 1.82) is 0 Å². The van der Waals surface area contributed by atoms with E-state index >= 15 is 0 Å². The second kappa shape index (κ2) is 10.7. The summed E-state index contributed by atoms with van der Waals surface area (Å²) in [6, 6.07) is 0. The van der Waals surface area contributed by atoms with E-state index in [9.17, 15) is 9.59 Å². The Morgan fingerprint density at radius 3 is 1.47 bits per heavy atom. The number of ether oxygens (including phenoxy) is 1. The summed E-state index contributed by atoms with van der Waals surface area (Å²) in [6.07, 6.45) is -0.240. The first-order valence-electron chi connectivity index (χ1n) is 6.22. The molecule has 112 valence electrons. The monoisotopic (exact) mass is 278 g/mol. The number of carbonyl (C=O) groups excluding carboxylic acids is 2. The molecule has 0 aliphatic rings. The summed E-state index contributed by atoms with van der Waals surface area (Å²) in [5.41, 5.74) is 0. The lowest BCUT2D eigenvalue weighted by atomic mass is 10.4. The van der Waals surface area contributed by atoms with Crippen LogP contribution in [0.25, 0.3) is 0 Å². The van der Waals surface area contributed by atoms with E-state index < -0.39 is 11.9 Å². The summed E-state index contributed by atoms with van der Waals surface area (Å²) < 4.78 is 5.08. The molecule has 0 aromatic carbocycles. The maximum atomic E-state index is 11.1. The summed E-state index contributed by atoms with van der Waals surface area (Å²) in [7, 11) is 0. The molecule has 0 unspecified atom stereocenters. The summed E-state index contributed by atoms with van der Waals surface area (Å²) in [5.74, 6) is -1.03. The highest BCUT2D eigenvalue weighted by molar-refractivity contribution is 5.69. The Morgan fingerprint density at radius 2 is 1.16 bits per heavy atom. The van der Waals surface area contributed by atoms with Gasteiger partial charge in [0.2, 0.25) is 0 Å². The zero-order valence-electron chi connectivity index (χ0n) is 11.8. The smallest absolute Gasteiger partial charge is 0.344 e. The van der Waals surface area contributed by atoms with Crippen molar-refractivity contribution in [1.82, 2.24) is 0 Å². The summed E-state index contributed by atoms with van der Waals surface area (Å²) >= 11 is 0. The van der Waals surface area contributed by atoms with Gasteiger partial charge in [0.05, 0.1) is 38.3 Å². The topological polar surface area (TPSA) is 80.3 Å². The molecule has 0 saturated heterocycles. The predicted octanol–water partition coefficient (Wildman–Crippen LogP) is 1.55. The second-order valence-electron chi connectivity index (χ2n) is 4.31. The van der Waals surface area contributed by atoms with Crippen LogP contribution in [0, 0.1) is 0 Å². The highest BCUT2D eigenvalue weighted by Crippen LogP contribution is 1.96. The van der Waals surface area contributed by atoms with E-state index in [1.54, 1.807) is 27.7 Å². The summed E-state index contributed by atoms with van der Waals surface area (Å²) in [4.78, 5) is 40.4. The van der Waals surface area contributed by atoms with E-state index in [1.165, 1.54) is 0 Å². The van der Waals surface area contributed by atoms with E-state index in [0.29, 0.717) is 0 Å². The number of rotatable bonds is 10. The van der Waals surface area contributed by atoms with Gasteiger partial charge in [0, 0.05) is 0 Å². The second-order valence-corrected chi connectivity index (χ2v) is 4.31. The van der Waals surface area contributed by atoms with Gasteiger partial charge < -0.3 is 4.74 Å². The van der Waals surface area contributed by atoms with Crippen LogP contribution in [0.15, 0.2) is 0 Å². The molecule has 0 saturated carbocycles. The Kier molecular flexibility index (Phi) is 10.1. The summed E-state index contributed by atoms with van der Waals surface area (Å²) in [5, 5.41) is 0. The molecule has 7 heteroatoms. The first-order chi connectivity index (χ1) is 8.91. The molecule has 0 aromatic heterocycles. The molecular formula is C12H22O7. The predicted molar refractivity (Wildman–Crippen MR) is 64.7 cm³/mol. The van der Waals surface area contributed by atoms with Gasteiger partial charge >= 0.3 is 11.9 Å². The van der Waals surface area contributed by atoms with Crippen molar-refractivity contribution in [3.8, 4) is 0 Å². The lowest BCUT2D eigenvalue weighted by Gasteiger charge is -2.07. The van der Waals surface area contributed by atoms with E-state index in [-0.39, 0.29) is 38.3 Å². The van der Waals surface area contributed by atoms with Crippen LogP contribution in [-0.2, 0) is 33.9 Å². The van der Waals surface area contributed by atoms with Gasteiger partial charge in [-0.15, -0.1) is 0 Å². The minimum absolute atomic E-state index is 0.0598. The molecule has 0 aliphatic carbocycles. The van der Waals surface area contributed by atoms with Crippen LogP contribution in [-0.4, -0.2) is 37.4 Å². The van der Waals surface area contributed by atoms with Crippen molar-refractivity contribution < 1.29 is 33.9 Å². The van der Waals surface area contributed by atoms with Gasteiger partial charge in [-0.1, -0.05) is 0 Å². The van der Waals surface area contributed by atoms with Gasteiger partial charge in [-0.25, -0.2) is 9.59 Å². The maximum Gasteiger partial charge on any atom is 0.344 e. The molecular weight excluding hydrogens is 256 g/mol. The molecule has 0 atom stereocenters. The van der Waals surface area contributed by atoms with E-state index in [4.69, 9.17) is 4.74 Å². The molecule has 0 heterocycles. The zero-order valence-corrected chi connectivity index (χ0v) is 11.8. The Labute approximate surface area is 113 Å². The lowest BCUT2D eigenvalue weighted by molar-refractivity contribution is -0.292. The maximum absolute atomic E-state index is 11.1. The minimum Gasteiger partial charge on any atom is -0.380 e. The normalized spacial score (nSPS) is 10.8. The van der Waals surface area contributed by atoms with E-state index in [0.717, 1.165) is 0 Å². The van der Waals surface area contributed by atoms with Gasteiger partial charge in [-0.05, 0) is 27.7 Å². The third kappa shape index (κ3) is 13.1. The number of hydrogen-bond donors (Lipinski definition) is 0. The van der Waals surface area contributed by atoms with Crippen LogP contribution in [0.4, 0.5) is 0 Å². The van der Waals surface area contributed by atoms with Crippen LogP contribution in [0.5, 0.6) is 0 Å². The lowest BCUT2D eigenvalue weighted by Crippen LogP contribution is -2.15. The van der Waals surface area contributed by atoms with Crippen molar-refractivity contribution >= 4 is 11.9 Å². The largest absolute Gasteiger partial charge is 0.380 e. The van der Waals surface area contributed by atoms with Crippen molar-refractivity contribution in [3.05, 3.63) is 0 Å². The molecule has 19 heavy (non-hydrogen) atoms. The molecule has 0 radical (unpaired) electrons. The van der Waals surface area contributed by atoms with Gasteiger partial charge in [0.25, 0.3) is 0 Å². The van der Waals surface area contributed by atoms with Gasteiger partial charge in [0.1, 0.15) is 0 Å². The van der Waals surface area contributed by atoms with Gasteiger partial charge in [0.15, 0.2) is 0 Å². The van der Waals surface area contributed by atoms with Crippen LogP contribution in [0.2, 0.25) is 0 Å². The quantitative estimate of drug-likeness (QED) is 0.340. The van der Waals surface area contributed by atoms with Crippen molar-refractivity contribution in [3.63, 3.8) is 0 Å². The number of carbonyl (C=O) groups is 2. The third-order valence-electron chi connectivity index (χ3n) is 1.57. The van der Waals surface area contributed by atoms with Crippen LogP contribution < -0.4 is 0 Å². The van der Waals surface area contributed by atoms with Gasteiger partial charge in [-0.3, -0.25) is 9.78 Å². The van der Waals surface area contributed by atoms with Crippen LogP contribution in [0.1, 0.15) is 40.5 Å². The van der Waals surface area contributed by atoms with Crippen molar-refractivity contribution in [2.24, 2.45) is 0 Å². The fraction of sp³-hybridized carbons (Fsp3) is 0.833. The highest BCUT2D eigenvalue weighted by Gasteiger charge is 2.08. The molecule has 0 N–H and O–H groups in total. The van der Waals surface area contributed by atoms with Crippen LogP contribution >= 0.6 is 0 Å².